The highest BCUT2D eigenvalue weighted by Gasteiger charge is 2.32. The molecule has 1 saturated heterocycles. The second-order valence-electron chi connectivity index (χ2n) is 6.07. The van der Waals surface area contributed by atoms with Gasteiger partial charge in [-0.15, -0.1) is 11.3 Å². The third-order valence-electron chi connectivity index (χ3n) is 3.66. The minimum absolute atomic E-state index is 0.0257. The van der Waals surface area contributed by atoms with Crippen LogP contribution in [0.2, 0.25) is 0 Å². The predicted octanol–water partition coefficient (Wildman–Crippen LogP) is 1.32. The van der Waals surface area contributed by atoms with Gasteiger partial charge in [0.25, 0.3) is 0 Å². The van der Waals surface area contributed by atoms with Crippen molar-refractivity contribution in [3.8, 4) is 0 Å². The number of hydrogen-bond donors (Lipinski definition) is 1. The molecule has 1 aliphatic heterocycles. The lowest BCUT2D eigenvalue weighted by Crippen LogP contribution is -2.37. The molecule has 2 rings (SSSR count). The third-order valence-corrected chi connectivity index (χ3v) is 6.41. The van der Waals surface area contributed by atoms with Gasteiger partial charge in [0.05, 0.1) is 23.1 Å². The van der Waals surface area contributed by atoms with Crippen LogP contribution in [0, 0.1) is 5.92 Å². The van der Waals surface area contributed by atoms with Crippen LogP contribution in [0.5, 0.6) is 0 Å². The molecule has 2 heterocycles. The molecule has 7 heteroatoms. The van der Waals surface area contributed by atoms with E-state index in [0.29, 0.717) is 25.4 Å². The molecule has 1 aliphatic rings. The summed E-state index contributed by atoms with van der Waals surface area (Å²) < 4.78 is 23.3. The predicted molar refractivity (Wildman–Crippen MR) is 85.2 cm³/mol. The zero-order valence-electron chi connectivity index (χ0n) is 12.7. The van der Waals surface area contributed by atoms with Crippen molar-refractivity contribution >= 4 is 21.2 Å². The largest absolute Gasteiger partial charge is 0.395 e. The quantitative estimate of drug-likeness (QED) is 0.815. The Balaban J connectivity index is 2.01. The molecule has 0 aromatic carbocycles. The van der Waals surface area contributed by atoms with E-state index < -0.39 is 9.84 Å². The summed E-state index contributed by atoms with van der Waals surface area (Å²) in [5.41, 5.74) is 0. The van der Waals surface area contributed by atoms with Crippen molar-refractivity contribution in [1.82, 2.24) is 9.88 Å². The van der Waals surface area contributed by atoms with Gasteiger partial charge >= 0.3 is 0 Å². The fourth-order valence-corrected chi connectivity index (χ4v) is 5.57. The Bertz CT molecular complexity index is 554. The Hall–Kier alpha value is -0.500. The van der Waals surface area contributed by atoms with Crippen LogP contribution < -0.4 is 0 Å². The zero-order chi connectivity index (χ0) is 15.5. The van der Waals surface area contributed by atoms with Crippen molar-refractivity contribution < 1.29 is 13.5 Å². The van der Waals surface area contributed by atoms with Gasteiger partial charge in [0.2, 0.25) is 0 Å². The topological polar surface area (TPSA) is 70.5 Å². The highest BCUT2D eigenvalue weighted by atomic mass is 32.2. The van der Waals surface area contributed by atoms with E-state index in [2.05, 4.69) is 23.7 Å². The van der Waals surface area contributed by atoms with Crippen molar-refractivity contribution in [3.05, 3.63) is 16.1 Å². The first kappa shape index (κ1) is 16.9. The summed E-state index contributed by atoms with van der Waals surface area (Å²) in [6, 6.07) is 0.0257. The minimum Gasteiger partial charge on any atom is -0.395 e. The summed E-state index contributed by atoms with van der Waals surface area (Å²) in [4.78, 5) is 7.66. The molecule has 0 amide bonds. The number of sulfone groups is 1. The Morgan fingerprint density at radius 2 is 2.29 bits per heavy atom. The zero-order valence-corrected chi connectivity index (χ0v) is 14.3. The lowest BCUT2D eigenvalue weighted by Gasteiger charge is -2.26. The molecule has 0 saturated carbocycles. The first-order valence-corrected chi connectivity index (χ1v) is 10.0. The van der Waals surface area contributed by atoms with Gasteiger partial charge in [-0.25, -0.2) is 13.4 Å². The molecule has 1 aromatic rings. The van der Waals surface area contributed by atoms with Crippen LogP contribution in [-0.4, -0.2) is 54.1 Å². The van der Waals surface area contributed by atoms with Crippen molar-refractivity contribution in [2.75, 3.05) is 24.7 Å². The molecule has 21 heavy (non-hydrogen) atoms. The number of aliphatic hydroxyl groups is 1. The summed E-state index contributed by atoms with van der Waals surface area (Å²) in [7, 11) is -2.90. The Morgan fingerprint density at radius 3 is 2.86 bits per heavy atom. The maximum absolute atomic E-state index is 11.6. The third kappa shape index (κ3) is 5.02. The van der Waals surface area contributed by atoms with E-state index in [1.54, 1.807) is 11.3 Å². The van der Waals surface area contributed by atoms with Gasteiger partial charge in [0.15, 0.2) is 9.84 Å². The number of aliphatic hydroxyl groups excluding tert-OH is 1. The number of nitrogens with zero attached hydrogens (tertiary/aromatic N) is 2. The summed E-state index contributed by atoms with van der Waals surface area (Å²) >= 11 is 1.69. The second-order valence-corrected chi connectivity index (χ2v) is 9.50. The van der Waals surface area contributed by atoms with Crippen molar-refractivity contribution in [2.45, 2.75) is 39.3 Å². The van der Waals surface area contributed by atoms with E-state index in [9.17, 15) is 13.5 Å². The first-order chi connectivity index (χ1) is 9.89. The van der Waals surface area contributed by atoms with Crippen LogP contribution in [0.25, 0.3) is 0 Å². The van der Waals surface area contributed by atoms with Gasteiger partial charge in [0, 0.05) is 36.6 Å². The van der Waals surface area contributed by atoms with Gasteiger partial charge in [-0.2, -0.15) is 0 Å². The summed E-state index contributed by atoms with van der Waals surface area (Å²) in [6.07, 6.45) is 3.53. The highest BCUT2D eigenvalue weighted by molar-refractivity contribution is 7.91. The van der Waals surface area contributed by atoms with E-state index in [4.69, 9.17) is 0 Å². The van der Waals surface area contributed by atoms with Crippen molar-refractivity contribution in [1.29, 1.82) is 0 Å². The van der Waals surface area contributed by atoms with E-state index >= 15 is 0 Å². The summed E-state index contributed by atoms with van der Waals surface area (Å²) in [6.45, 7) is 5.58. The van der Waals surface area contributed by atoms with Crippen molar-refractivity contribution in [2.24, 2.45) is 5.92 Å². The molecular weight excluding hydrogens is 308 g/mol. The molecule has 120 valence electrons. The minimum atomic E-state index is -2.90. The molecule has 0 radical (unpaired) electrons. The average molecular weight is 332 g/mol. The summed E-state index contributed by atoms with van der Waals surface area (Å²) in [5, 5.41) is 10.4. The first-order valence-electron chi connectivity index (χ1n) is 7.38. The van der Waals surface area contributed by atoms with Crippen LogP contribution in [-0.2, 0) is 22.8 Å². The maximum atomic E-state index is 11.6. The normalized spacial score (nSPS) is 21.5. The van der Waals surface area contributed by atoms with Crippen LogP contribution in [0.3, 0.4) is 0 Å². The number of hydrogen-bond acceptors (Lipinski definition) is 6. The van der Waals surface area contributed by atoms with Crippen LogP contribution in [0.4, 0.5) is 0 Å². The number of rotatable bonds is 7. The van der Waals surface area contributed by atoms with Gasteiger partial charge in [-0.1, -0.05) is 13.8 Å². The van der Waals surface area contributed by atoms with Gasteiger partial charge in [0.1, 0.15) is 0 Å². The smallest absolute Gasteiger partial charge is 0.151 e. The molecule has 5 nitrogen and oxygen atoms in total. The van der Waals surface area contributed by atoms with Gasteiger partial charge < -0.3 is 5.11 Å². The Morgan fingerprint density at radius 1 is 1.52 bits per heavy atom. The van der Waals surface area contributed by atoms with E-state index in [1.807, 2.05) is 6.20 Å². The maximum Gasteiger partial charge on any atom is 0.151 e. The number of aromatic nitrogens is 1. The van der Waals surface area contributed by atoms with Crippen molar-refractivity contribution in [3.63, 3.8) is 0 Å². The van der Waals surface area contributed by atoms with Gasteiger partial charge in [-0.05, 0) is 12.3 Å². The molecule has 1 atom stereocenters. The molecule has 1 fully saturated rings. The molecule has 0 aliphatic carbocycles. The van der Waals surface area contributed by atoms with E-state index in [0.717, 1.165) is 16.3 Å². The Kier molecular flexibility index (Phi) is 5.76. The van der Waals surface area contributed by atoms with Crippen LogP contribution >= 0.6 is 11.3 Å². The molecule has 0 bridgehead atoms. The van der Waals surface area contributed by atoms with E-state index in [-0.39, 0.29) is 24.2 Å². The van der Waals surface area contributed by atoms with Crippen LogP contribution in [0.1, 0.15) is 30.2 Å². The molecule has 1 N–H and O–H groups in total. The average Bonchev–Trinajstić information content (AvgIpc) is 2.95. The monoisotopic (exact) mass is 332 g/mol. The fourth-order valence-electron chi connectivity index (χ4n) is 2.65. The highest BCUT2D eigenvalue weighted by Crippen LogP contribution is 2.23. The lowest BCUT2D eigenvalue weighted by molar-refractivity contribution is 0.155. The Labute approximate surface area is 130 Å². The van der Waals surface area contributed by atoms with Crippen LogP contribution in [0.15, 0.2) is 6.20 Å². The second kappa shape index (κ2) is 7.17. The molecule has 1 aromatic heterocycles. The molecular formula is C14H24N2O3S2. The SMILES string of the molecule is CC(C)Cc1ncc(CN(CCO)C2CCS(=O)(=O)C2)s1. The molecule has 0 spiro atoms. The fraction of sp³-hybridized carbons (Fsp3) is 0.786. The standard InChI is InChI=1S/C14H24N2O3S2/c1-11(2)7-14-15-8-13(20-14)9-16(4-5-17)12-3-6-21(18,19)10-12/h8,11-12,17H,3-7,9-10H2,1-2H3. The summed E-state index contributed by atoms with van der Waals surface area (Å²) in [5.74, 6) is 1.06. The molecule has 1 unspecified atom stereocenters. The number of thiazole rings is 1. The van der Waals surface area contributed by atoms with Gasteiger partial charge in [-0.3, -0.25) is 4.90 Å². The van der Waals surface area contributed by atoms with E-state index in [1.165, 1.54) is 0 Å². The lowest BCUT2D eigenvalue weighted by atomic mass is 10.1.